The third-order valence-corrected chi connectivity index (χ3v) is 3.71. The fourth-order valence-electron chi connectivity index (χ4n) is 2.56. The molecule has 20 heavy (non-hydrogen) atoms. The molecule has 1 aromatic heterocycles. The van der Waals surface area contributed by atoms with Crippen LogP contribution in [0.2, 0.25) is 0 Å². The van der Waals surface area contributed by atoms with Gasteiger partial charge in [-0.05, 0) is 25.8 Å². The summed E-state index contributed by atoms with van der Waals surface area (Å²) in [4.78, 5) is 16.3. The van der Waals surface area contributed by atoms with Gasteiger partial charge in [0, 0.05) is 31.0 Å². The van der Waals surface area contributed by atoms with E-state index in [4.69, 9.17) is 10.6 Å². The second kappa shape index (κ2) is 6.67. The Hall–Kier alpha value is -1.66. The van der Waals surface area contributed by atoms with Gasteiger partial charge < -0.3 is 15.5 Å². The number of hydrazine groups is 1. The molecule has 0 aromatic carbocycles. The number of nitrogens with two attached hydrogens (primary N) is 1. The van der Waals surface area contributed by atoms with Crippen molar-refractivity contribution in [3.8, 4) is 0 Å². The number of hydrogen-bond acceptors (Lipinski definition) is 5. The zero-order chi connectivity index (χ0) is 14.5. The minimum atomic E-state index is -0.160. The molecule has 1 amide bonds. The van der Waals surface area contributed by atoms with Crippen LogP contribution in [0.15, 0.2) is 12.3 Å². The van der Waals surface area contributed by atoms with Crippen LogP contribution in [0.25, 0.3) is 0 Å². The first-order chi connectivity index (χ1) is 9.65. The Morgan fingerprint density at radius 3 is 3.10 bits per heavy atom. The molecule has 1 aliphatic rings. The number of nitrogen functional groups attached to an aromatic ring is 1. The number of carbonyl (C=O) groups is 1. The number of hydrogen-bond donors (Lipinski definition) is 3. The molecular weight excluding hydrogens is 256 g/mol. The zero-order valence-corrected chi connectivity index (χ0v) is 12.0. The van der Waals surface area contributed by atoms with E-state index < -0.39 is 0 Å². The molecule has 1 aromatic rings. The maximum Gasteiger partial charge on any atom is 0.255 e. The summed E-state index contributed by atoms with van der Waals surface area (Å²) in [6.07, 6.45) is 3.76. The molecule has 2 rings (SSSR count). The molecule has 0 radical (unpaired) electrons. The lowest BCUT2D eigenvalue weighted by Gasteiger charge is -2.17. The molecule has 110 valence electrons. The fourth-order valence-corrected chi connectivity index (χ4v) is 2.56. The minimum Gasteiger partial charge on any atom is -0.378 e. The van der Waals surface area contributed by atoms with Gasteiger partial charge in [0.2, 0.25) is 0 Å². The summed E-state index contributed by atoms with van der Waals surface area (Å²) in [7, 11) is 0. The van der Waals surface area contributed by atoms with Gasteiger partial charge in [0.05, 0.1) is 17.4 Å². The quantitative estimate of drug-likeness (QED) is 0.556. The summed E-state index contributed by atoms with van der Waals surface area (Å²) in [5.41, 5.74) is 4.40. The predicted molar refractivity (Wildman–Crippen MR) is 77.3 cm³/mol. The molecule has 0 aliphatic carbocycles. The lowest BCUT2D eigenvalue weighted by molar-refractivity contribution is 0.0827. The van der Waals surface area contributed by atoms with Gasteiger partial charge in [0.1, 0.15) is 0 Å². The van der Waals surface area contributed by atoms with Crippen LogP contribution in [-0.2, 0) is 4.74 Å². The highest BCUT2D eigenvalue weighted by Crippen LogP contribution is 2.23. The number of pyridine rings is 1. The first-order valence-corrected chi connectivity index (χ1v) is 6.98. The van der Waals surface area contributed by atoms with E-state index in [0.29, 0.717) is 23.7 Å². The molecule has 0 saturated carbocycles. The smallest absolute Gasteiger partial charge is 0.255 e. The molecule has 1 fully saturated rings. The summed E-state index contributed by atoms with van der Waals surface area (Å²) < 4.78 is 5.62. The first kappa shape index (κ1) is 14.7. The maximum absolute atomic E-state index is 12.2. The Kier molecular flexibility index (Phi) is 4.92. The Labute approximate surface area is 119 Å². The second-order valence-electron chi connectivity index (χ2n) is 5.09. The lowest BCUT2D eigenvalue weighted by atomic mass is 9.99. The summed E-state index contributed by atoms with van der Waals surface area (Å²) in [6.45, 7) is 5.35. The Balaban J connectivity index is 1.98. The van der Waals surface area contributed by atoms with Crippen molar-refractivity contribution >= 4 is 11.6 Å². The highest BCUT2D eigenvalue weighted by molar-refractivity contribution is 5.99. The summed E-state index contributed by atoms with van der Waals surface area (Å²) >= 11 is 0. The van der Waals surface area contributed by atoms with Crippen LogP contribution in [0.3, 0.4) is 0 Å². The number of nitrogens with one attached hydrogen (secondary N) is 2. The largest absolute Gasteiger partial charge is 0.378 e. The van der Waals surface area contributed by atoms with Crippen molar-refractivity contribution < 1.29 is 9.53 Å². The number of carbonyl (C=O) groups excluding carboxylic acids is 1. The number of aryl methyl sites for hydroxylation is 1. The topological polar surface area (TPSA) is 89.3 Å². The van der Waals surface area contributed by atoms with E-state index in [1.807, 2.05) is 6.92 Å². The molecule has 6 nitrogen and oxygen atoms in total. The van der Waals surface area contributed by atoms with Gasteiger partial charge >= 0.3 is 0 Å². The molecule has 2 atom stereocenters. The van der Waals surface area contributed by atoms with Crippen molar-refractivity contribution in [3.05, 3.63) is 23.5 Å². The van der Waals surface area contributed by atoms with E-state index in [9.17, 15) is 4.79 Å². The van der Waals surface area contributed by atoms with Crippen molar-refractivity contribution in [2.45, 2.75) is 32.8 Å². The zero-order valence-electron chi connectivity index (χ0n) is 12.0. The van der Waals surface area contributed by atoms with Gasteiger partial charge in [-0.3, -0.25) is 15.6 Å². The number of aromatic nitrogens is 1. The van der Waals surface area contributed by atoms with E-state index >= 15 is 0 Å². The van der Waals surface area contributed by atoms with Gasteiger partial charge in [-0.1, -0.05) is 6.92 Å². The van der Waals surface area contributed by atoms with Crippen LogP contribution < -0.4 is 16.6 Å². The first-order valence-electron chi connectivity index (χ1n) is 6.98. The highest BCUT2D eigenvalue weighted by Gasteiger charge is 2.27. The molecule has 2 unspecified atom stereocenters. The van der Waals surface area contributed by atoms with Crippen LogP contribution in [0.4, 0.5) is 5.69 Å². The van der Waals surface area contributed by atoms with E-state index in [0.717, 1.165) is 25.1 Å². The average molecular weight is 278 g/mol. The van der Waals surface area contributed by atoms with Gasteiger partial charge in [0.25, 0.3) is 5.91 Å². The van der Waals surface area contributed by atoms with Crippen LogP contribution in [0.5, 0.6) is 0 Å². The molecule has 4 N–H and O–H groups in total. The minimum absolute atomic E-state index is 0.160. The molecule has 2 heterocycles. The van der Waals surface area contributed by atoms with Gasteiger partial charge in [-0.15, -0.1) is 0 Å². The molecule has 1 saturated heterocycles. The monoisotopic (exact) mass is 278 g/mol. The van der Waals surface area contributed by atoms with E-state index in [2.05, 4.69) is 22.7 Å². The Morgan fingerprint density at radius 1 is 1.60 bits per heavy atom. The number of anilines is 1. The van der Waals surface area contributed by atoms with Crippen molar-refractivity contribution in [2.75, 3.05) is 18.6 Å². The van der Waals surface area contributed by atoms with Gasteiger partial charge in [-0.2, -0.15) is 0 Å². The molecular formula is C14H22N4O2. The third-order valence-electron chi connectivity index (χ3n) is 3.71. The standard InChI is InChI=1S/C14H22N4O2/c1-3-13-10(4-5-20-13)7-17-14(19)11-8-16-9(2)6-12(11)18-15/h6,8,10,13H,3-5,7,15H2,1-2H3,(H,16,18)(H,17,19). The lowest BCUT2D eigenvalue weighted by Crippen LogP contribution is -2.33. The van der Waals surface area contributed by atoms with Crippen LogP contribution >= 0.6 is 0 Å². The predicted octanol–water partition coefficient (Wildman–Crippen LogP) is 1.22. The summed E-state index contributed by atoms with van der Waals surface area (Å²) in [5.74, 6) is 5.67. The SMILES string of the molecule is CCC1OCCC1CNC(=O)c1cnc(C)cc1NN. The number of nitrogens with zero attached hydrogens (tertiary/aromatic N) is 1. The number of rotatable bonds is 5. The van der Waals surface area contributed by atoms with Crippen molar-refractivity contribution in [1.29, 1.82) is 0 Å². The molecule has 6 heteroatoms. The average Bonchev–Trinajstić information content (AvgIpc) is 2.92. The maximum atomic E-state index is 12.2. The van der Waals surface area contributed by atoms with Crippen LogP contribution in [0, 0.1) is 12.8 Å². The molecule has 1 aliphatic heterocycles. The Morgan fingerprint density at radius 2 is 2.40 bits per heavy atom. The summed E-state index contributed by atoms with van der Waals surface area (Å²) in [5, 5.41) is 2.94. The number of ether oxygens (including phenoxy) is 1. The van der Waals surface area contributed by atoms with Crippen molar-refractivity contribution in [2.24, 2.45) is 11.8 Å². The van der Waals surface area contributed by atoms with Crippen LogP contribution in [-0.4, -0.2) is 30.1 Å². The molecule has 0 bridgehead atoms. The van der Waals surface area contributed by atoms with Crippen molar-refractivity contribution in [1.82, 2.24) is 10.3 Å². The fraction of sp³-hybridized carbons (Fsp3) is 0.571. The summed E-state index contributed by atoms with van der Waals surface area (Å²) in [6, 6.07) is 1.75. The van der Waals surface area contributed by atoms with Gasteiger partial charge in [-0.25, -0.2) is 0 Å². The highest BCUT2D eigenvalue weighted by atomic mass is 16.5. The van der Waals surface area contributed by atoms with Crippen molar-refractivity contribution in [3.63, 3.8) is 0 Å². The normalized spacial score (nSPS) is 21.8. The van der Waals surface area contributed by atoms with E-state index in [1.165, 1.54) is 0 Å². The third kappa shape index (κ3) is 3.26. The van der Waals surface area contributed by atoms with Crippen LogP contribution in [0.1, 0.15) is 35.8 Å². The van der Waals surface area contributed by atoms with E-state index in [-0.39, 0.29) is 12.0 Å². The Bertz CT molecular complexity index is 478. The second-order valence-corrected chi connectivity index (χ2v) is 5.09. The van der Waals surface area contributed by atoms with E-state index in [1.54, 1.807) is 12.3 Å². The number of amides is 1. The van der Waals surface area contributed by atoms with Gasteiger partial charge in [0.15, 0.2) is 0 Å². The molecule has 0 spiro atoms.